The molecule has 6 heteroatoms. The van der Waals surface area contributed by atoms with Gasteiger partial charge < -0.3 is 10.2 Å². The van der Waals surface area contributed by atoms with Crippen molar-refractivity contribution in [1.82, 2.24) is 14.8 Å². The van der Waals surface area contributed by atoms with Crippen LogP contribution in [0.2, 0.25) is 0 Å². The molecule has 1 aromatic heterocycles. The number of aliphatic hydroxyl groups excluding tert-OH is 1. The Bertz CT molecular complexity index is 657. The molecule has 0 atom stereocenters. The van der Waals surface area contributed by atoms with E-state index in [0.29, 0.717) is 5.82 Å². The van der Waals surface area contributed by atoms with E-state index in [1.165, 1.54) is 12.1 Å². The van der Waals surface area contributed by atoms with Gasteiger partial charge in [0, 0.05) is 0 Å². The van der Waals surface area contributed by atoms with Crippen LogP contribution in [0.3, 0.4) is 0 Å². The lowest BCUT2D eigenvalue weighted by molar-refractivity contribution is 0.0697. The zero-order valence-corrected chi connectivity index (χ0v) is 11.1. The Morgan fingerprint density at radius 2 is 2.00 bits per heavy atom. The Balaban J connectivity index is 2.04. The number of aromatic nitrogens is 3. The second kappa shape index (κ2) is 4.42. The Morgan fingerprint density at radius 3 is 2.50 bits per heavy atom. The largest absolute Gasteiger partial charge is 0.478 e. The highest BCUT2D eigenvalue weighted by Gasteiger charge is 2.48. The Hall–Kier alpha value is -2.21. The fourth-order valence-corrected chi connectivity index (χ4v) is 2.29. The van der Waals surface area contributed by atoms with Crippen LogP contribution in [-0.4, -0.2) is 37.6 Å². The Morgan fingerprint density at radius 1 is 1.35 bits per heavy atom. The van der Waals surface area contributed by atoms with E-state index in [9.17, 15) is 9.90 Å². The molecular formula is C14H15N3O3. The fraction of sp³-hybridized carbons (Fsp3) is 0.357. The second-order valence-electron chi connectivity index (χ2n) is 5.18. The number of carboxylic acids is 1. The maximum Gasteiger partial charge on any atom is 0.335 e. The number of hydrogen-bond donors (Lipinski definition) is 2. The minimum absolute atomic E-state index is 0.0539. The topological polar surface area (TPSA) is 88.2 Å². The van der Waals surface area contributed by atoms with Crippen molar-refractivity contribution in [3.05, 3.63) is 41.5 Å². The van der Waals surface area contributed by atoms with E-state index in [4.69, 9.17) is 5.11 Å². The zero-order valence-electron chi connectivity index (χ0n) is 11.1. The molecule has 1 aromatic carbocycles. The molecule has 0 aliphatic heterocycles. The molecule has 0 radical (unpaired) electrons. The summed E-state index contributed by atoms with van der Waals surface area (Å²) in [5.41, 5.74) is 0.702. The van der Waals surface area contributed by atoms with Gasteiger partial charge in [-0.1, -0.05) is 0 Å². The molecule has 1 heterocycles. The first kappa shape index (κ1) is 12.8. The van der Waals surface area contributed by atoms with Crippen LogP contribution in [-0.2, 0) is 5.41 Å². The van der Waals surface area contributed by atoms with Gasteiger partial charge in [0.15, 0.2) is 0 Å². The third-order valence-electron chi connectivity index (χ3n) is 3.70. The van der Waals surface area contributed by atoms with Gasteiger partial charge in [-0.25, -0.2) is 14.5 Å². The first-order valence-corrected chi connectivity index (χ1v) is 6.44. The van der Waals surface area contributed by atoms with Crippen molar-refractivity contribution in [2.45, 2.75) is 25.2 Å². The van der Waals surface area contributed by atoms with Crippen molar-refractivity contribution in [3.63, 3.8) is 0 Å². The molecule has 6 nitrogen and oxygen atoms in total. The number of carboxylic acid groups (broad SMARTS) is 1. The first-order valence-electron chi connectivity index (χ1n) is 6.44. The number of rotatable bonds is 4. The summed E-state index contributed by atoms with van der Waals surface area (Å²) in [6, 6.07) is 6.48. The van der Waals surface area contributed by atoms with Crippen molar-refractivity contribution >= 4 is 5.97 Å². The fourth-order valence-electron chi connectivity index (χ4n) is 2.29. The van der Waals surface area contributed by atoms with E-state index in [-0.39, 0.29) is 17.6 Å². The van der Waals surface area contributed by atoms with Crippen molar-refractivity contribution in [2.24, 2.45) is 0 Å². The van der Waals surface area contributed by atoms with E-state index in [1.807, 2.05) is 0 Å². The molecular weight excluding hydrogens is 258 g/mol. The van der Waals surface area contributed by atoms with E-state index in [2.05, 4.69) is 10.1 Å². The van der Waals surface area contributed by atoms with Gasteiger partial charge in [0.05, 0.1) is 23.3 Å². The molecule has 0 unspecified atom stereocenters. The summed E-state index contributed by atoms with van der Waals surface area (Å²) in [6.45, 7) is 1.86. The Kier molecular flexibility index (Phi) is 2.83. The number of aryl methyl sites for hydroxylation is 1. The van der Waals surface area contributed by atoms with E-state index in [1.54, 1.807) is 23.7 Å². The van der Waals surface area contributed by atoms with Crippen LogP contribution >= 0.6 is 0 Å². The lowest BCUT2D eigenvalue weighted by atomic mass is 10.1. The smallest absolute Gasteiger partial charge is 0.335 e. The highest BCUT2D eigenvalue weighted by molar-refractivity contribution is 5.87. The maximum atomic E-state index is 10.9. The maximum absolute atomic E-state index is 10.9. The molecule has 2 N–H and O–H groups in total. The van der Waals surface area contributed by atoms with Gasteiger partial charge in [0.1, 0.15) is 11.6 Å². The summed E-state index contributed by atoms with van der Waals surface area (Å²) in [6.07, 6.45) is 1.80. The number of aliphatic hydroxyl groups is 1. The quantitative estimate of drug-likeness (QED) is 0.876. The molecule has 1 fully saturated rings. The molecule has 1 aliphatic rings. The van der Waals surface area contributed by atoms with Crippen LogP contribution in [0.5, 0.6) is 0 Å². The van der Waals surface area contributed by atoms with Crippen LogP contribution in [0.4, 0.5) is 0 Å². The first-order chi connectivity index (χ1) is 9.55. The lowest BCUT2D eigenvalue weighted by Gasteiger charge is -2.12. The summed E-state index contributed by atoms with van der Waals surface area (Å²) >= 11 is 0. The summed E-state index contributed by atoms with van der Waals surface area (Å²) in [7, 11) is 0. The molecule has 0 amide bonds. The molecule has 20 heavy (non-hydrogen) atoms. The van der Waals surface area contributed by atoms with Gasteiger partial charge in [-0.05, 0) is 44.0 Å². The molecule has 1 saturated carbocycles. The minimum atomic E-state index is -0.958. The van der Waals surface area contributed by atoms with Gasteiger partial charge in [-0.15, -0.1) is 0 Å². The lowest BCUT2D eigenvalue weighted by Crippen LogP contribution is -2.18. The van der Waals surface area contributed by atoms with E-state index in [0.717, 1.165) is 24.4 Å². The van der Waals surface area contributed by atoms with Crippen molar-refractivity contribution in [2.75, 3.05) is 6.61 Å². The molecule has 1 aliphatic carbocycles. The van der Waals surface area contributed by atoms with Crippen molar-refractivity contribution < 1.29 is 15.0 Å². The summed E-state index contributed by atoms with van der Waals surface area (Å²) in [5.74, 6) is 0.433. The minimum Gasteiger partial charge on any atom is -0.478 e. The number of hydrogen-bond acceptors (Lipinski definition) is 4. The van der Waals surface area contributed by atoms with E-state index < -0.39 is 5.97 Å². The molecule has 0 saturated heterocycles. The van der Waals surface area contributed by atoms with Gasteiger partial charge in [-0.3, -0.25) is 0 Å². The molecule has 104 valence electrons. The number of carbonyl (C=O) groups is 1. The van der Waals surface area contributed by atoms with Crippen molar-refractivity contribution in [3.8, 4) is 5.69 Å². The Labute approximate surface area is 115 Å². The number of nitrogens with zero attached hydrogens (tertiary/aromatic N) is 3. The second-order valence-corrected chi connectivity index (χ2v) is 5.18. The average Bonchev–Trinajstić information content (AvgIpc) is 3.15. The third-order valence-corrected chi connectivity index (χ3v) is 3.70. The third kappa shape index (κ3) is 1.98. The van der Waals surface area contributed by atoms with Gasteiger partial charge in [0.25, 0.3) is 0 Å². The predicted octanol–water partition coefficient (Wildman–Crippen LogP) is 1.30. The standard InChI is InChI=1S/C14H15N3O3/c1-9-15-13(14(8-18)6-7-14)17(16-9)11-4-2-10(3-5-11)12(19)20/h2-5,18H,6-8H2,1H3,(H,19,20). The summed E-state index contributed by atoms with van der Waals surface area (Å²) in [5, 5.41) is 22.8. The van der Waals surface area contributed by atoms with Crippen LogP contribution in [0.25, 0.3) is 5.69 Å². The van der Waals surface area contributed by atoms with Gasteiger partial charge >= 0.3 is 5.97 Å². The molecule has 2 aromatic rings. The van der Waals surface area contributed by atoms with Gasteiger partial charge in [-0.2, -0.15) is 5.10 Å². The highest BCUT2D eigenvalue weighted by atomic mass is 16.4. The number of benzene rings is 1. The van der Waals surface area contributed by atoms with Crippen LogP contribution in [0.15, 0.2) is 24.3 Å². The molecule has 3 rings (SSSR count). The monoisotopic (exact) mass is 273 g/mol. The van der Waals surface area contributed by atoms with Crippen molar-refractivity contribution in [1.29, 1.82) is 0 Å². The SMILES string of the molecule is Cc1nc(C2(CO)CC2)n(-c2ccc(C(=O)O)cc2)n1. The van der Waals surface area contributed by atoms with Crippen LogP contribution in [0, 0.1) is 6.92 Å². The van der Waals surface area contributed by atoms with Gasteiger partial charge in [0.2, 0.25) is 0 Å². The van der Waals surface area contributed by atoms with Crippen LogP contribution < -0.4 is 0 Å². The number of aromatic carboxylic acids is 1. The average molecular weight is 273 g/mol. The van der Waals surface area contributed by atoms with Crippen LogP contribution in [0.1, 0.15) is 34.8 Å². The predicted molar refractivity (Wildman–Crippen MR) is 71.1 cm³/mol. The zero-order chi connectivity index (χ0) is 14.3. The normalized spacial score (nSPS) is 16.1. The highest BCUT2D eigenvalue weighted by Crippen LogP contribution is 2.47. The molecule has 0 bridgehead atoms. The summed E-state index contributed by atoms with van der Waals surface area (Å²) in [4.78, 5) is 15.3. The molecule has 0 spiro atoms. The summed E-state index contributed by atoms with van der Waals surface area (Å²) < 4.78 is 1.70. The van der Waals surface area contributed by atoms with E-state index >= 15 is 0 Å².